The van der Waals surface area contributed by atoms with Crippen LogP contribution in [0.1, 0.15) is 0 Å². The third kappa shape index (κ3) is 2.09. The molecule has 1 aromatic carbocycles. The highest BCUT2D eigenvalue weighted by Gasteiger charge is 1.93. The van der Waals surface area contributed by atoms with E-state index in [1.54, 1.807) is 4.79 Å². The van der Waals surface area contributed by atoms with Crippen LogP contribution >= 0.6 is 15.9 Å². The summed E-state index contributed by atoms with van der Waals surface area (Å²) in [5.74, 6) is 0. The molecule has 66 valence electrons. The number of benzene rings is 1. The molecule has 1 heterocycles. The lowest BCUT2D eigenvalue weighted by molar-refractivity contribution is 0.796. The fraction of sp³-hybridized carbons (Fsp3) is 0. The van der Waals surface area contributed by atoms with Crippen LogP contribution < -0.4 is 5.43 Å². The standard InChI is InChI=1S/C9H8BrN3/c10-9-6-7-13(12-9)11-8-4-2-1-3-5-8/h1-7,11H. The molecule has 0 radical (unpaired) electrons. The molecular formula is C9H8BrN3. The second-order valence-electron chi connectivity index (χ2n) is 2.56. The molecule has 0 aliphatic heterocycles. The first-order chi connectivity index (χ1) is 6.34. The number of anilines is 1. The van der Waals surface area contributed by atoms with E-state index >= 15 is 0 Å². The first-order valence-electron chi connectivity index (χ1n) is 3.88. The van der Waals surface area contributed by atoms with Gasteiger partial charge in [-0.25, -0.2) is 0 Å². The number of nitrogens with one attached hydrogen (secondary N) is 1. The van der Waals surface area contributed by atoms with E-state index in [1.807, 2.05) is 42.6 Å². The van der Waals surface area contributed by atoms with Gasteiger partial charge in [-0.1, -0.05) is 18.2 Å². The first kappa shape index (κ1) is 8.31. The van der Waals surface area contributed by atoms with Crippen LogP contribution in [0.3, 0.4) is 0 Å². The molecule has 2 rings (SSSR count). The van der Waals surface area contributed by atoms with Gasteiger partial charge in [0.2, 0.25) is 0 Å². The average Bonchev–Trinajstić information content (AvgIpc) is 2.53. The van der Waals surface area contributed by atoms with E-state index in [4.69, 9.17) is 0 Å². The molecule has 1 N–H and O–H groups in total. The summed E-state index contributed by atoms with van der Waals surface area (Å²) in [6.45, 7) is 0. The van der Waals surface area contributed by atoms with E-state index in [2.05, 4.69) is 26.5 Å². The Bertz CT molecular complexity index is 383. The Morgan fingerprint density at radius 3 is 2.54 bits per heavy atom. The van der Waals surface area contributed by atoms with Crippen molar-refractivity contribution in [2.45, 2.75) is 0 Å². The second kappa shape index (κ2) is 3.62. The molecule has 0 atom stereocenters. The SMILES string of the molecule is Brc1ccn(Nc2ccccc2)n1. The van der Waals surface area contributed by atoms with Crippen LogP contribution in [0.15, 0.2) is 47.2 Å². The van der Waals surface area contributed by atoms with Gasteiger partial charge in [0.25, 0.3) is 0 Å². The van der Waals surface area contributed by atoms with Gasteiger partial charge in [-0.3, -0.25) is 5.43 Å². The predicted octanol–water partition coefficient (Wildman–Crippen LogP) is 2.52. The molecule has 1 aromatic heterocycles. The lowest BCUT2D eigenvalue weighted by atomic mass is 10.3. The molecule has 0 aliphatic carbocycles. The van der Waals surface area contributed by atoms with Crippen molar-refractivity contribution in [2.75, 3.05) is 5.43 Å². The molecule has 2 aromatic rings. The Hall–Kier alpha value is -1.29. The van der Waals surface area contributed by atoms with Crippen molar-refractivity contribution in [3.63, 3.8) is 0 Å². The topological polar surface area (TPSA) is 29.9 Å². The maximum atomic E-state index is 4.13. The zero-order valence-electron chi connectivity index (χ0n) is 6.81. The van der Waals surface area contributed by atoms with Crippen molar-refractivity contribution in [1.29, 1.82) is 0 Å². The van der Waals surface area contributed by atoms with Gasteiger partial charge in [0.05, 0.1) is 11.9 Å². The number of halogens is 1. The third-order valence-corrected chi connectivity index (χ3v) is 2.00. The number of hydrogen-bond donors (Lipinski definition) is 1. The summed E-state index contributed by atoms with van der Waals surface area (Å²) in [6.07, 6.45) is 1.84. The number of nitrogens with zero attached hydrogens (tertiary/aromatic N) is 2. The van der Waals surface area contributed by atoms with Gasteiger partial charge in [0, 0.05) is 0 Å². The van der Waals surface area contributed by atoms with Crippen LogP contribution in [0.25, 0.3) is 0 Å². The van der Waals surface area contributed by atoms with Gasteiger partial charge in [-0.2, -0.15) is 4.79 Å². The molecule has 0 bridgehead atoms. The summed E-state index contributed by atoms with van der Waals surface area (Å²) in [4.78, 5) is 1.65. The minimum atomic E-state index is 0.816. The monoisotopic (exact) mass is 237 g/mol. The van der Waals surface area contributed by atoms with Crippen LogP contribution in [0.2, 0.25) is 0 Å². The minimum Gasteiger partial charge on any atom is -0.278 e. The number of aromatic nitrogens is 2. The van der Waals surface area contributed by atoms with Crippen LogP contribution in [0, 0.1) is 0 Å². The molecule has 0 spiro atoms. The van der Waals surface area contributed by atoms with Crippen LogP contribution in [-0.4, -0.2) is 9.89 Å². The van der Waals surface area contributed by atoms with Crippen molar-refractivity contribution in [3.8, 4) is 0 Å². The molecule has 0 saturated carbocycles. The summed E-state index contributed by atoms with van der Waals surface area (Å²) in [5, 5.41) is 4.13. The third-order valence-electron chi connectivity index (χ3n) is 1.57. The zero-order valence-corrected chi connectivity index (χ0v) is 8.40. The van der Waals surface area contributed by atoms with E-state index in [0.29, 0.717) is 0 Å². The van der Waals surface area contributed by atoms with Crippen molar-refractivity contribution in [1.82, 2.24) is 9.89 Å². The van der Waals surface area contributed by atoms with Crippen molar-refractivity contribution in [2.24, 2.45) is 0 Å². The normalized spacial score (nSPS) is 9.92. The van der Waals surface area contributed by atoms with Gasteiger partial charge >= 0.3 is 0 Å². The Balaban J connectivity index is 2.15. The summed E-state index contributed by atoms with van der Waals surface area (Å²) in [6, 6.07) is 11.8. The summed E-state index contributed by atoms with van der Waals surface area (Å²) < 4.78 is 0.816. The largest absolute Gasteiger partial charge is 0.278 e. The highest BCUT2D eigenvalue weighted by Crippen LogP contribution is 2.07. The number of hydrogen-bond acceptors (Lipinski definition) is 2. The number of para-hydroxylation sites is 1. The smallest absolute Gasteiger partial charge is 0.130 e. The first-order valence-corrected chi connectivity index (χ1v) is 4.67. The maximum absolute atomic E-state index is 4.13. The summed E-state index contributed by atoms with van der Waals surface area (Å²) in [7, 11) is 0. The molecule has 0 aliphatic rings. The molecule has 0 amide bonds. The van der Waals surface area contributed by atoms with Crippen molar-refractivity contribution >= 4 is 21.6 Å². The van der Waals surface area contributed by atoms with E-state index in [0.717, 1.165) is 10.3 Å². The molecule has 0 unspecified atom stereocenters. The highest BCUT2D eigenvalue weighted by atomic mass is 79.9. The van der Waals surface area contributed by atoms with E-state index in [-0.39, 0.29) is 0 Å². The van der Waals surface area contributed by atoms with Gasteiger partial charge in [-0.15, -0.1) is 5.10 Å². The Morgan fingerprint density at radius 2 is 1.92 bits per heavy atom. The number of rotatable bonds is 2. The van der Waals surface area contributed by atoms with Gasteiger partial charge in [0.1, 0.15) is 4.60 Å². The maximum Gasteiger partial charge on any atom is 0.130 e. The van der Waals surface area contributed by atoms with Gasteiger partial charge in [-0.05, 0) is 34.1 Å². The van der Waals surface area contributed by atoms with Crippen LogP contribution in [0.4, 0.5) is 5.69 Å². The van der Waals surface area contributed by atoms with Crippen LogP contribution in [0.5, 0.6) is 0 Å². The molecule has 4 heteroatoms. The fourth-order valence-corrected chi connectivity index (χ4v) is 1.30. The Kier molecular flexibility index (Phi) is 2.31. The molecule has 3 nitrogen and oxygen atoms in total. The molecule has 0 saturated heterocycles. The predicted molar refractivity (Wildman–Crippen MR) is 55.4 cm³/mol. The van der Waals surface area contributed by atoms with Crippen molar-refractivity contribution in [3.05, 3.63) is 47.2 Å². The highest BCUT2D eigenvalue weighted by molar-refractivity contribution is 9.10. The summed E-state index contributed by atoms with van der Waals surface area (Å²) in [5.41, 5.74) is 4.11. The second-order valence-corrected chi connectivity index (χ2v) is 3.37. The van der Waals surface area contributed by atoms with Crippen molar-refractivity contribution < 1.29 is 0 Å². The molecule has 0 fully saturated rings. The van der Waals surface area contributed by atoms with Crippen LogP contribution in [-0.2, 0) is 0 Å². The zero-order chi connectivity index (χ0) is 9.10. The molecular weight excluding hydrogens is 230 g/mol. The van der Waals surface area contributed by atoms with E-state index in [1.165, 1.54) is 0 Å². The fourth-order valence-electron chi connectivity index (χ4n) is 1.01. The summed E-state index contributed by atoms with van der Waals surface area (Å²) >= 11 is 3.27. The lowest BCUT2D eigenvalue weighted by Crippen LogP contribution is -2.08. The molecule has 13 heavy (non-hydrogen) atoms. The average molecular weight is 238 g/mol. The Morgan fingerprint density at radius 1 is 1.15 bits per heavy atom. The quantitative estimate of drug-likeness (QED) is 0.871. The minimum absolute atomic E-state index is 0.816. The van der Waals surface area contributed by atoms with Gasteiger partial charge < -0.3 is 0 Å². The van der Waals surface area contributed by atoms with E-state index < -0.39 is 0 Å². The Labute approximate surface area is 84.5 Å². The van der Waals surface area contributed by atoms with E-state index in [9.17, 15) is 0 Å². The lowest BCUT2D eigenvalue weighted by Gasteiger charge is -2.04. The van der Waals surface area contributed by atoms with Gasteiger partial charge in [0.15, 0.2) is 0 Å².